The number of aromatic amines is 1. The van der Waals surface area contributed by atoms with Gasteiger partial charge in [0.25, 0.3) is 0 Å². The molecule has 0 saturated carbocycles. The highest BCUT2D eigenvalue weighted by Gasteiger charge is 2.05. The zero-order valence-electron chi connectivity index (χ0n) is 11.9. The number of benzene rings is 1. The van der Waals surface area contributed by atoms with Gasteiger partial charge >= 0.3 is 0 Å². The van der Waals surface area contributed by atoms with Gasteiger partial charge in [0.05, 0.1) is 0 Å². The third-order valence-electron chi connectivity index (χ3n) is 3.52. The lowest BCUT2D eigenvalue weighted by Gasteiger charge is -2.06. The van der Waals surface area contributed by atoms with E-state index >= 15 is 0 Å². The fourth-order valence-corrected chi connectivity index (χ4v) is 2.40. The fraction of sp³-hybridized carbons (Fsp3) is 0.235. The second kappa shape index (κ2) is 6.41. The minimum Gasteiger partial charge on any atom is -0.489 e. The Morgan fingerprint density at radius 2 is 2.19 bits per heavy atom. The van der Waals surface area contributed by atoms with Crippen molar-refractivity contribution in [3.63, 3.8) is 0 Å². The summed E-state index contributed by atoms with van der Waals surface area (Å²) in [7, 11) is 0. The highest BCUT2D eigenvalue weighted by Crippen LogP contribution is 2.25. The molecule has 1 aromatic carbocycles. The molecule has 108 valence electrons. The summed E-state index contributed by atoms with van der Waals surface area (Å²) in [5, 5.41) is 1.21. The Hall–Kier alpha value is -2.33. The van der Waals surface area contributed by atoms with Crippen LogP contribution in [0.3, 0.4) is 0 Å². The third kappa shape index (κ3) is 3.23. The molecule has 0 unspecified atom stereocenters. The van der Waals surface area contributed by atoms with Crippen molar-refractivity contribution in [3.05, 3.63) is 60.0 Å². The lowest BCUT2D eigenvalue weighted by Crippen LogP contribution is -2.00. The van der Waals surface area contributed by atoms with Crippen molar-refractivity contribution in [1.29, 1.82) is 0 Å². The maximum atomic E-state index is 5.85. The van der Waals surface area contributed by atoms with Gasteiger partial charge in [-0.1, -0.05) is 6.07 Å². The largest absolute Gasteiger partial charge is 0.489 e. The molecule has 0 radical (unpaired) electrons. The van der Waals surface area contributed by atoms with E-state index in [1.165, 1.54) is 10.9 Å². The molecule has 0 aliphatic carbocycles. The van der Waals surface area contributed by atoms with Crippen molar-refractivity contribution in [2.45, 2.75) is 19.4 Å². The molecule has 0 bridgehead atoms. The third-order valence-corrected chi connectivity index (χ3v) is 3.52. The van der Waals surface area contributed by atoms with Gasteiger partial charge < -0.3 is 15.5 Å². The van der Waals surface area contributed by atoms with Gasteiger partial charge in [-0.05, 0) is 49.2 Å². The number of H-pyrrole nitrogens is 1. The Balaban J connectivity index is 1.76. The summed E-state index contributed by atoms with van der Waals surface area (Å²) in [4.78, 5) is 7.38. The number of rotatable bonds is 6. The number of hydrogen-bond acceptors (Lipinski definition) is 3. The highest BCUT2D eigenvalue weighted by molar-refractivity contribution is 5.84. The van der Waals surface area contributed by atoms with Crippen molar-refractivity contribution in [2.75, 3.05) is 6.54 Å². The number of hydrogen-bond donors (Lipinski definition) is 2. The standard InChI is InChI=1S/C17H19N3O/c18-7-1-4-14-11-20-17-6-5-15(9-16(14)17)21-12-13-3-2-8-19-10-13/h2-3,5-6,8-11,20H,1,4,7,12,18H2. The zero-order valence-corrected chi connectivity index (χ0v) is 11.9. The van der Waals surface area contributed by atoms with E-state index in [-0.39, 0.29) is 0 Å². The Labute approximate surface area is 124 Å². The molecule has 0 fully saturated rings. The normalized spacial score (nSPS) is 10.9. The van der Waals surface area contributed by atoms with Crippen LogP contribution in [0.2, 0.25) is 0 Å². The molecule has 0 aliphatic heterocycles. The van der Waals surface area contributed by atoms with E-state index < -0.39 is 0 Å². The first kappa shape index (κ1) is 13.6. The SMILES string of the molecule is NCCCc1c[nH]c2ccc(OCc3cccnc3)cc12. The molecular formula is C17H19N3O. The summed E-state index contributed by atoms with van der Waals surface area (Å²) in [5.41, 5.74) is 9.08. The average Bonchev–Trinajstić information content (AvgIpc) is 2.94. The van der Waals surface area contributed by atoms with Gasteiger partial charge in [-0.25, -0.2) is 0 Å². The first-order chi connectivity index (χ1) is 10.4. The zero-order chi connectivity index (χ0) is 14.5. The molecule has 0 spiro atoms. The molecule has 3 aromatic rings. The number of aromatic nitrogens is 2. The van der Waals surface area contributed by atoms with Gasteiger partial charge in [0.1, 0.15) is 12.4 Å². The van der Waals surface area contributed by atoms with Crippen LogP contribution >= 0.6 is 0 Å². The molecule has 21 heavy (non-hydrogen) atoms. The van der Waals surface area contributed by atoms with Crippen molar-refractivity contribution >= 4 is 10.9 Å². The number of nitrogens with one attached hydrogen (secondary N) is 1. The Morgan fingerprint density at radius 3 is 3.00 bits per heavy atom. The maximum absolute atomic E-state index is 5.85. The van der Waals surface area contributed by atoms with E-state index in [1.54, 1.807) is 6.20 Å². The van der Waals surface area contributed by atoms with Gasteiger partial charge in [0.15, 0.2) is 0 Å². The average molecular weight is 281 g/mol. The molecule has 3 N–H and O–H groups in total. The van der Waals surface area contributed by atoms with Crippen LogP contribution < -0.4 is 10.5 Å². The number of aryl methyl sites for hydroxylation is 1. The molecular weight excluding hydrogens is 262 g/mol. The molecule has 0 aliphatic rings. The lowest BCUT2D eigenvalue weighted by molar-refractivity contribution is 0.306. The van der Waals surface area contributed by atoms with Crippen LogP contribution in [0.4, 0.5) is 0 Å². The van der Waals surface area contributed by atoms with Crippen LogP contribution in [-0.2, 0) is 13.0 Å². The molecule has 0 atom stereocenters. The van der Waals surface area contributed by atoms with Crippen molar-refractivity contribution < 1.29 is 4.74 Å². The van der Waals surface area contributed by atoms with E-state index in [0.717, 1.165) is 29.7 Å². The van der Waals surface area contributed by atoms with Crippen molar-refractivity contribution in [2.24, 2.45) is 5.73 Å². The van der Waals surface area contributed by atoms with Crippen LogP contribution in [0, 0.1) is 0 Å². The van der Waals surface area contributed by atoms with Gasteiger partial charge in [-0.2, -0.15) is 0 Å². The van der Waals surface area contributed by atoms with Gasteiger partial charge in [-0.15, -0.1) is 0 Å². The van der Waals surface area contributed by atoms with Crippen LogP contribution in [0.15, 0.2) is 48.9 Å². The summed E-state index contributed by atoms with van der Waals surface area (Å²) in [6.07, 6.45) is 7.63. The summed E-state index contributed by atoms with van der Waals surface area (Å²) in [5.74, 6) is 0.875. The molecule has 2 aromatic heterocycles. The van der Waals surface area contributed by atoms with Gasteiger partial charge in [0, 0.05) is 35.1 Å². The molecule has 4 nitrogen and oxygen atoms in total. The molecule has 4 heteroatoms. The second-order valence-corrected chi connectivity index (χ2v) is 5.06. The van der Waals surface area contributed by atoms with Crippen LogP contribution in [0.25, 0.3) is 10.9 Å². The first-order valence-electron chi connectivity index (χ1n) is 7.18. The summed E-state index contributed by atoms with van der Waals surface area (Å²) < 4.78 is 5.85. The Morgan fingerprint density at radius 1 is 1.24 bits per heavy atom. The number of fused-ring (bicyclic) bond motifs is 1. The summed E-state index contributed by atoms with van der Waals surface area (Å²) in [6, 6.07) is 10.1. The smallest absolute Gasteiger partial charge is 0.120 e. The predicted molar refractivity (Wildman–Crippen MR) is 84.2 cm³/mol. The minimum absolute atomic E-state index is 0.530. The number of nitrogens with zero attached hydrogens (tertiary/aromatic N) is 1. The van der Waals surface area contributed by atoms with Crippen LogP contribution in [-0.4, -0.2) is 16.5 Å². The summed E-state index contributed by atoms with van der Waals surface area (Å²) in [6.45, 7) is 1.24. The topological polar surface area (TPSA) is 63.9 Å². The van der Waals surface area contributed by atoms with E-state index in [4.69, 9.17) is 10.5 Å². The number of pyridine rings is 1. The van der Waals surface area contributed by atoms with Gasteiger partial charge in [0.2, 0.25) is 0 Å². The Kier molecular flexibility index (Phi) is 4.17. The highest BCUT2D eigenvalue weighted by atomic mass is 16.5. The van der Waals surface area contributed by atoms with Gasteiger partial charge in [-0.3, -0.25) is 4.98 Å². The molecule has 0 saturated heterocycles. The lowest BCUT2D eigenvalue weighted by atomic mass is 10.1. The van der Waals surface area contributed by atoms with Crippen LogP contribution in [0.1, 0.15) is 17.5 Å². The minimum atomic E-state index is 0.530. The first-order valence-corrected chi connectivity index (χ1v) is 7.18. The fourth-order valence-electron chi connectivity index (χ4n) is 2.40. The van der Waals surface area contributed by atoms with Crippen LogP contribution in [0.5, 0.6) is 5.75 Å². The van der Waals surface area contributed by atoms with Crippen molar-refractivity contribution in [3.8, 4) is 5.75 Å². The molecule has 2 heterocycles. The monoisotopic (exact) mass is 281 g/mol. The Bertz CT molecular complexity index is 706. The van der Waals surface area contributed by atoms with E-state index in [0.29, 0.717) is 13.2 Å². The second-order valence-electron chi connectivity index (χ2n) is 5.06. The number of ether oxygens (including phenoxy) is 1. The van der Waals surface area contributed by atoms with E-state index in [9.17, 15) is 0 Å². The quantitative estimate of drug-likeness (QED) is 0.730. The summed E-state index contributed by atoms with van der Waals surface area (Å²) >= 11 is 0. The molecule has 3 rings (SSSR count). The van der Waals surface area contributed by atoms with E-state index in [1.807, 2.05) is 24.4 Å². The molecule has 0 amide bonds. The van der Waals surface area contributed by atoms with Crippen molar-refractivity contribution in [1.82, 2.24) is 9.97 Å². The maximum Gasteiger partial charge on any atom is 0.120 e. The number of nitrogens with two attached hydrogens (primary N) is 1. The van der Waals surface area contributed by atoms with E-state index in [2.05, 4.69) is 28.3 Å². The predicted octanol–water partition coefficient (Wildman–Crippen LogP) is 3.03.